The molecule has 0 unspecified atom stereocenters. The monoisotopic (exact) mass is 426 g/mol. The van der Waals surface area contributed by atoms with E-state index >= 15 is 0 Å². The lowest BCUT2D eigenvalue weighted by Crippen LogP contribution is -2.30. The lowest BCUT2D eigenvalue weighted by molar-refractivity contribution is 0.0990. The first-order chi connectivity index (χ1) is 14.2. The number of anilines is 2. The second-order valence-electron chi connectivity index (χ2n) is 7.98. The molecule has 2 aromatic rings. The molecule has 1 amide bonds. The Kier molecular flexibility index (Phi) is 6.76. The summed E-state index contributed by atoms with van der Waals surface area (Å²) in [5, 5.41) is 0. The molecule has 0 saturated heterocycles. The van der Waals surface area contributed by atoms with Crippen LogP contribution in [0.5, 0.6) is 0 Å². The zero-order valence-corrected chi connectivity index (χ0v) is 19.0. The topological polar surface area (TPSA) is 23.6 Å². The smallest absolute Gasteiger partial charge is 0.260 e. The van der Waals surface area contributed by atoms with Crippen molar-refractivity contribution in [2.75, 3.05) is 34.8 Å². The maximum Gasteiger partial charge on any atom is 0.260 e. The van der Waals surface area contributed by atoms with Crippen molar-refractivity contribution in [1.29, 1.82) is 0 Å². The summed E-state index contributed by atoms with van der Waals surface area (Å²) in [6.45, 7) is 0.765. The van der Waals surface area contributed by atoms with Crippen molar-refractivity contribution >= 4 is 41.0 Å². The van der Waals surface area contributed by atoms with Gasteiger partial charge in [-0.3, -0.25) is 4.79 Å². The van der Waals surface area contributed by atoms with Gasteiger partial charge in [-0.15, -0.1) is 11.8 Å². The number of para-hydroxylation sites is 1. The molecule has 29 heavy (non-hydrogen) atoms. The van der Waals surface area contributed by atoms with Gasteiger partial charge in [0.05, 0.1) is 11.3 Å². The maximum atomic E-state index is 13.3. The van der Waals surface area contributed by atoms with Crippen LogP contribution in [-0.2, 0) is 6.42 Å². The first kappa shape index (κ1) is 20.7. The van der Waals surface area contributed by atoms with Crippen molar-refractivity contribution in [3.8, 4) is 0 Å². The largest absolute Gasteiger partial charge is 0.319 e. The lowest BCUT2D eigenvalue weighted by Gasteiger charge is -2.23. The molecule has 0 spiro atoms. The minimum Gasteiger partial charge on any atom is -0.319 e. The number of benzene rings is 2. The Morgan fingerprint density at radius 2 is 2.00 bits per heavy atom. The average Bonchev–Trinajstić information content (AvgIpc) is 3.49. The molecule has 1 heterocycles. The molecule has 4 rings (SSSR count). The van der Waals surface area contributed by atoms with Crippen LogP contribution in [0, 0.1) is 5.92 Å². The second-order valence-corrected chi connectivity index (χ2v) is 10.1. The van der Waals surface area contributed by atoms with Gasteiger partial charge in [-0.25, -0.2) is 0 Å². The number of rotatable bonds is 9. The molecule has 1 saturated carbocycles. The summed E-state index contributed by atoms with van der Waals surface area (Å²) in [5.41, 5.74) is 4.12. The van der Waals surface area contributed by atoms with Gasteiger partial charge in [0.1, 0.15) is 0 Å². The van der Waals surface area contributed by atoms with E-state index < -0.39 is 0 Å². The fraction of sp³-hybridized carbons (Fsp3) is 0.458. The zero-order chi connectivity index (χ0) is 20.2. The van der Waals surface area contributed by atoms with Gasteiger partial charge in [0, 0.05) is 30.4 Å². The van der Waals surface area contributed by atoms with E-state index in [0.717, 1.165) is 35.8 Å². The van der Waals surface area contributed by atoms with Gasteiger partial charge in [0.15, 0.2) is 0 Å². The van der Waals surface area contributed by atoms with Crippen molar-refractivity contribution < 1.29 is 4.79 Å². The first-order valence-electron chi connectivity index (χ1n) is 10.6. The Balaban J connectivity index is 1.41. The molecule has 0 radical (unpaired) electrons. The Labute approximate surface area is 183 Å². The van der Waals surface area contributed by atoms with Crippen molar-refractivity contribution in [1.82, 2.24) is 0 Å². The van der Waals surface area contributed by atoms with Gasteiger partial charge in [-0.2, -0.15) is 0 Å². The third-order valence-corrected chi connectivity index (χ3v) is 7.74. The van der Waals surface area contributed by atoms with Gasteiger partial charge < -0.3 is 9.21 Å². The van der Waals surface area contributed by atoms with Gasteiger partial charge >= 0.3 is 0 Å². The first-order valence-corrected chi connectivity index (χ1v) is 12.8. The normalized spacial score (nSPS) is 15.4. The van der Waals surface area contributed by atoms with Crippen LogP contribution in [0.15, 0.2) is 47.4 Å². The number of hydrogen-bond acceptors (Lipinski definition) is 4. The lowest BCUT2D eigenvalue weighted by atomic mass is 10.1. The molecule has 1 aliphatic carbocycles. The Morgan fingerprint density at radius 1 is 1.17 bits per heavy atom. The Bertz CT molecular complexity index is 866. The van der Waals surface area contributed by atoms with Crippen LogP contribution in [0.4, 0.5) is 11.4 Å². The molecule has 3 nitrogen and oxygen atoms in total. The minimum atomic E-state index is 0.0979. The average molecular weight is 427 g/mol. The van der Waals surface area contributed by atoms with Crippen LogP contribution in [0.1, 0.15) is 48.0 Å². The van der Waals surface area contributed by atoms with Gasteiger partial charge in [-0.05, 0) is 60.4 Å². The van der Waals surface area contributed by atoms with Crippen molar-refractivity contribution in [2.24, 2.45) is 5.92 Å². The van der Waals surface area contributed by atoms with E-state index in [1.807, 2.05) is 58.5 Å². The standard InChI is InChI=1S/C24H30N2OS2/c1-25(28-2)23-9-4-3-8-21(23)24(27)26-15-14-19-17-20(12-13-22(19)26)29-16-6-5-7-18-10-11-18/h3-4,8-9,12-13,17-18H,5-7,10-11,14-16H2,1-2H3. The van der Waals surface area contributed by atoms with Crippen LogP contribution in [0.3, 0.4) is 0 Å². The third kappa shape index (κ3) is 4.95. The van der Waals surface area contributed by atoms with E-state index in [1.54, 1.807) is 11.9 Å². The number of hydrogen-bond donors (Lipinski definition) is 0. The van der Waals surface area contributed by atoms with E-state index in [9.17, 15) is 4.79 Å². The summed E-state index contributed by atoms with van der Waals surface area (Å²) in [7, 11) is 2.00. The number of thioether (sulfide) groups is 1. The Morgan fingerprint density at radius 3 is 2.79 bits per heavy atom. The van der Waals surface area contributed by atoms with Crippen LogP contribution < -0.4 is 9.21 Å². The SMILES string of the molecule is CSN(C)c1ccccc1C(=O)N1CCc2cc(SCCCCC3CC3)ccc21. The summed E-state index contributed by atoms with van der Waals surface area (Å²) in [6, 6.07) is 14.5. The highest BCUT2D eigenvalue weighted by Crippen LogP contribution is 2.36. The molecule has 1 fully saturated rings. The highest BCUT2D eigenvalue weighted by atomic mass is 32.2. The van der Waals surface area contributed by atoms with Crippen LogP contribution >= 0.6 is 23.7 Å². The third-order valence-electron chi connectivity index (χ3n) is 5.91. The van der Waals surface area contributed by atoms with E-state index in [-0.39, 0.29) is 5.91 Å². The second kappa shape index (κ2) is 9.48. The molecular weight excluding hydrogens is 396 g/mol. The van der Waals surface area contributed by atoms with Gasteiger partial charge in [0.2, 0.25) is 0 Å². The molecular formula is C24H30N2OS2. The van der Waals surface area contributed by atoms with Crippen LogP contribution in [0.25, 0.3) is 0 Å². The van der Waals surface area contributed by atoms with E-state index in [0.29, 0.717) is 0 Å². The predicted molar refractivity (Wildman–Crippen MR) is 127 cm³/mol. The highest BCUT2D eigenvalue weighted by molar-refractivity contribution is 8.00. The molecule has 2 aliphatic rings. The molecule has 0 aromatic heterocycles. The highest BCUT2D eigenvalue weighted by Gasteiger charge is 2.27. The molecule has 2 aromatic carbocycles. The number of nitrogens with zero attached hydrogens (tertiary/aromatic N) is 2. The molecule has 154 valence electrons. The number of carbonyl (C=O) groups is 1. The van der Waals surface area contributed by atoms with Gasteiger partial charge in [0.25, 0.3) is 5.91 Å². The Hall–Kier alpha value is -1.59. The van der Waals surface area contributed by atoms with Crippen molar-refractivity contribution in [3.63, 3.8) is 0 Å². The molecule has 1 aliphatic heterocycles. The van der Waals surface area contributed by atoms with Gasteiger partial charge in [-0.1, -0.05) is 49.8 Å². The summed E-state index contributed by atoms with van der Waals surface area (Å²) in [6.07, 6.45) is 10.00. The number of amides is 1. The summed E-state index contributed by atoms with van der Waals surface area (Å²) >= 11 is 3.58. The number of carbonyl (C=O) groups excluding carboxylic acids is 1. The van der Waals surface area contributed by atoms with Crippen molar-refractivity contribution in [3.05, 3.63) is 53.6 Å². The molecule has 0 atom stereocenters. The molecule has 0 N–H and O–H groups in total. The van der Waals surface area contributed by atoms with Crippen LogP contribution in [-0.4, -0.2) is 31.5 Å². The summed E-state index contributed by atoms with van der Waals surface area (Å²) < 4.78 is 2.05. The quantitative estimate of drug-likeness (QED) is 0.268. The fourth-order valence-corrected chi connectivity index (χ4v) is 5.31. The van der Waals surface area contributed by atoms with Crippen molar-refractivity contribution in [2.45, 2.75) is 43.4 Å². The molecule has 0 bridgehead atoms. The number of unbranched alkanes of at least 4 members (excludes halogenated alkanes) is 1. The van der Waals surface area contributed by atoms with E-state index in [2.05, 4.69) is 18.2 Å². The number of fused-ring (bicyclic) bond motifs is 1. The minimum absolute atomic E-state index is 0.0979. The molecule has 5 heteroatoms. The zero-order valence-electron chi connectivity index (χ0n) is 17.4. The summed E-state index contributed by atoms with van der Waals surface area (Å²) in [4.78, 5) is 16.6. The van der Waals surface area contributed by atoms with Crippen LogP contribution in [0.2, 0.25) is 0 Å². The predicted octanol–water partition coefficient (Wildman–Crippen LogP) is 6.28. The fourth-order valence-electron chi connectivity index (χ4n) is 3.98. The van der Waals surface area contributed by atoms with E-state index in [4.69, 9.17) is 0 Å². The van der Waals surface area contributed by atoms with E-state index in [1.165, 1.54) is 48.3 Å². The summed E-state index contributed by atoms with van der Waals surface area (Å²) in [5.74, 6) is 2.34. The maximum absolute atomic E-state index is 13.3.